The zero-order valence-corrected chi connectivity index (χ0v) is 20.1. The Morgan fingerprint density at radius 2 is 2.11 bits per heavy atom. The first-order chi connectivity index (χ1) is 17.0. The van der Waals surface area contributed by atoms with Gasteiger partial charge in [0.1, 0.15) is 24.1 Å². The summed E-state index contributed by atoms with van der Waals surface area (Å²) in [5.74, 6) is -0.273. The number of H-pyrrole nitrogens is 1. The van der Waals surface area contributed by atoms with E-state index in [2.05, 4.69) is 19.9 Å². The second-order valence-corrected chi connectivity index (χ2v) is 8.85. The summed E-state index contributed by atoms with van der Waals surface area (Å²) in [6, 6.07) is 2.12. The molecule has 0 bridgehead atoms. The average Bonchev–Trinajstić information content (AvgIpc) is 3.24. The lowest BCUT2D eigenvalue weighted by atomic mass is 10.1. The molecule has 2 amide bonds. The van der Waals surface area contributed by atoms with E-state index in [1.807, 2.05) is 5.32 Å². The third-order valence-electron chi connectivity index (χ3n) is 5.41. The quantitative estimate of drug-likeness (QED) is 0.515. The van der Waals surface area contributed by atoms with Gasteiger partial charge in [-0.2, -0.15) is 13.2 Å². The molecule has 3 aromatic heterocycles. The van der Waals surface area contributed by atoms with Gasteiger partial charge in [-0.1, -0.05) is 11.6 Å². The van der Waals surface area contributed by atoms with Gasteiger partial charge >= 0.3 is 12.3 Å². The maximum absolute atomic E-state index is 12.8. The number of hydrogen-bond donors (Lipinski definition) is 2. The third kappa shape index (κ3) is 5.78. The fraction of sp³-hybridized carbons (Fsp3) is 0.409. The zero-order valence-electron chi connectivity index (χ0n) is 19.3. The molecule has 196 valence electrons. The number of alkyl halides is 3. The van der Waals surface area contributed by atoms with Gasteiger partial charge < -0.3 is 24.8 Å². The molecule has 36 heavy (non-hydrogen) atoms. The Labute approximate surface area is 211 Å². The molecule has 4 rings (SSSR count). The monoisotopic (exact) mass is 529 g/mol. The second kappa shape index (κ2) is 10.2. The third-order valence-corrected chi connectivity index (χ3v) is 5.62. The molecule has 1 atom stereocenters. The van der Waals surface area contributed by atoms with Gasteiger partial charge in [0, 0.05) is 45.5 Å². The first kappa shape index (κ1) is 25.5. The van der Waals surface area contributed by atoms with E-state index < -0.39 is 36.9 Å². The lowest BCUT2D eigenvalue weighted by molar-refractivity contribution is -0.139. The summed E-state index contributed by atoms with van der Waals surface area (Å²) >= 11 is 6.08. The molecule has 1 fully saturated rings. The summed E-state index contributed by atoms with van der Waals surface area (Å²) in [7, 11) is 0. The van der Waals surface area contributed by atoms with Gasteiger partial charge in [0.05, 0.1) is 17.7 Å². The number of nitrogens with zero attached hydrogens (tertiary/aromatic N) is 5. The smallest absolute Gasteiger partial charge is 0.410 e. The Bertz CT molecular complexity index is 1280. The van der Waals surface area contributed by atoms with Crippen LogP contribution in [0.25, 0.3) is 22.4 Å². The summed E-state index contributed by atoms with van der Waals surface area (Å²) in [4.78, 5) is 44.2. The van der Waals surface area contributed by atoms with Crippen molar-refractivity contribution in [2.24, 2.45) is 0 Å². The van der Waals surface area contributed by atoms with Crippen molar-refractivity contribution in [2.75, 3.05) is 31.1 Å². The number of nitrogens with one attached hydrogen (secondary N) is 2. The minimum Gasteiger partial charge on any atom is -0.447 e. The van der Waals surface area contributed by atoms with Crippen LogP contribution in [0, 0.1) is 0 Å². The van der Waals surface area contributed by atoms with Crippen molar-refractivity contribution in [3.63, 3.8) is 0 Å². The van der Waals surface area contributed by atoms with Crippen molar-refractivity contribution < 1.29 is 30.4 Å². The number of hydrogen-bond acceptors (Lipinski definition) is 7. The molecule has 0 aliphatic carbocycles. The predicted molar refractivity (Wildman–Crippen MR) is 130 cm³/mol. The van der Waals surface area contributed by atoms with Crippen LogP contribution in [0.5, 0.6) is 0 Å². The van der Waals surface area contributed by atoms with Crippen LogP contribution in [-0.2, 0) is 9.53 Å². The number of anilines is 1. The molecule has 2 N–H and O–H groups in total. The summed E-state index contributed by atoms with van der Waals surface area (Å²) in [6.07, 6.45) is -0.978. The summed E-state index contributed by atoms with van der Waals surface area (Å²) in [5.41, 5.74) is 1.18. The first-order valence-corrected chi connectivity index (χ1v) is 11.4. The fourth-order valence-electron chi connectivity index (χ4n) is 3.83. The number of aromatic amines is 1. The van der Waals surface area contributed by atoms with Crippen molar-refractivity contribution in [2.45, 2.75) is 32.2 Å². The summed E-state index contributed by atoms with van der Waals surface area (Å²) in [5, 5.41) is 3.01. The number of halogens is 4. The van der Waals surface area contributed by atoms with Crippen molar-refractivity contribution >= 4 is 40.5 Å². The Kier molecular flexibility index (Phi) is 7.20. The molecule has 0 unspecified atom stereocenters. The molecule has 1 aliphatic rings. The van der Waals surface area contributed by atoms with E-state index >= 15 is 0 Å². The number of carbonyl (C=O) groups is 2. The largest absolute Gasteiger partial charge is 0.447 e. The van der Waals surface area contributed by atoms with Gasteiger partial charge in [0.15, 0.2) is 5.82 Å². The molecule has 0 aromatic carbocycles. The van der Waals surface area contributed by atoms with Crippen LogP contribution in [-0.4, -0.2) is 81.3 Å². The normalized spacial score (nSPS) is 16.5. The highest BCUT2D eigenvalue weighted by molar-refractivity contribution is 6.31. The number of ether oxygens (including phenoxy) is 1. The number of rotatable bonds is 5. The molecule has 1 saturated heterocycles. The van der Waals surface area contributed by atoms with E-state index in [0.717, 1.165) is 0 Å². The van der Waals surface area contributed by atoms with Crippen molar-refractivity contribution in [1.82, 2.24) is 30.2 Å². The number of carbonyl (C=O) groups excluding carboxylic acids is 2. The average molecular weight is 530 g/mol. The van der Waals surface area contributed by atoms with Crippen LogP contribution in [0.3, 0.4) is 0 Å². The Balaban J connectivity index is 0.00000253. The van der Waals surface area contributed by atoms with Crippen LogP contribution in [0.4, 0.5) is 23.8 Å². The molecule has 0 spiro atoms. The number of pyridine rings is 1. The van der Waals surface area contributed by atoms with Crippen LogP contribution < -0.4 is 10.2 Å². The number of amides is 2. The van der Waals surface area contributed by atoms with Crippen LogP contribution >= 0.6 is 11.6 Å². The van der Waals surface area contributed by atoms with Gasteiger partial charge in [-0.3, -0.25) is 4.79 Å². The molecular weight excluding hydrogens is 503 g/mol. The van der Waals surface area contributed by atoms with Crippen molar-refractivity contribution in [1.29, 1.82) is 0 Å². The van der Waals surface area contributed by atoms with Gasteiger partial charge in [0.25, 0.3) is 0 Å². The number of fused-ring (bicyclic) bond motifs is 1. The maximum Gasteiger partial charge on any atom is 0.410 e. The van der Waals surface area contributed by atoms with Crippen LogP contribution in [0.1, 0.15) is 16.7 Å². The van der Waals surface area contributed by atoms with E-state index in [-0.39, 0.29) is 22.5 Å². The zero-order chi connectivity index (χ0) is 26.0. The number of aromatic nitrogens is 4. The first-order valence-electron chi connectivity index (χ1n) is 11.0. The molecule has 10 nitrogen and oxygen atoms in total. The van der Waals surface area contributed by atoms with E-state index in [1.165, 1.54) is 17.3 Å². The van der Waals surface area contributed by atoms with E-state index in [0.29, 0.717) is 33.3 Å². The van der Waals surface area contributed by atoms with Crippen LogP contribution in [0.2, 0.25) is 5.02 Å². The number of piperazine rings is 1. The fourth-order valence-corrected chi connectivity index (χ4v) is 3.99. The lowest BCUT2D eigenvalue weighted by Gasteiger charge is -2.40. The highest BCUT2D eigenvalue weighted by Crippen LogP contribution is 2.29. The molecule has 0 radical (unpaired) electrons. The highest BCUT2D eigenvalue weighted by atomic mass is 35.5. The molecule has 0 saturated carbocycles. The van der Waals surface area contributed by atoms with E-state index in [4.69, 9.17) is 16.3 Å². The molecule has 4 heterocycles. The van der Waals surface area contributed by atoms with E-state index in [9.17, 15) is 22.8 Å². The Morgan fingerprint density at radius 1 is 1.33 bits per heavy atom. The van der Waals surface area contributed by atoms with Gasteiger partial charge in [0.2, 0.25) is 5.91 Å². The maximum atomic E-state index is 12.8. The Hall–Kier alpha value is -3.61. The minimum absolute atomic E-state index is 0. The SMILES string of the molecule is CC(C)OC(=O)N1CCN(c2ccnc(-c3c[nH]c4ncc(Cl)cc34)n2)[C@H](C(=O)NCC(F)(F)F)C1.[HH].[HH]. The predicted octanol–water partition coefficient (Wildman–Crippen LogP) is 3.88. The molecule has 14 heteroatoms. The lowest BCUT2D eigenvalue weighted by Crippen LogP contribution is -2.61. The van der Waals surface area contributed by atoms with Gasteiger partial charge in [-0.25, -0.2) is 19.7 Å². The molecule has 3 aromatic rings. The second-order valence-electron chi connectivity index (χ2n) is 8.41. The topological polar surface area (TPSA) is 116 Å². The summed E-state index contributed by atoms with van der Waals surface area (Å²) < 4.78 is 43.5. The van der Waals surface area contributed by atoms with Crippen molar-refractivity contribution in [3.05, 3.63) is 35.7 Å². The minimum atomic E-state index is -4.59. The summed E-state index contributed by atoms with van der Waals surface area (Å²) in [6.45, 7) is 2.00. The standard InChI is InChI=1S/C22H23ClF3N7O3.2H2/c1-12(2)36-21(35)32-5-6-33(16(10-32)20(34)30-11-22(24,25)26)17-3-4-27-19(31-17)15-9-29-18-14(15)7-13(23)8-28-18;;/h3-4,7-9,12,16H,5-6,10-11H2,1-2H3,(H,28,29)(H,30,34);2*1H/t16-;;/m0../s1. The molecule has 1 aliphatic heterocycles. The van der Waals surface area contributed by atoms with Gasteiger partial charge in [-0.05, 0) is 26.0 Å². The van der Waals surface area contributed by atoms with Gasteiger partial charge in [-0.15, -0.1) is 0 Å². The highest BCUT2D eigenvalue weighted by Gasteiger charge is 2.38. The van der Waals surface area contributed by atoms with Crippen molar-refractivity contribution in [3.8, 4) is 11.4 Å². The Morgan fingerprint density at radius 3 is 2.83 bits per heavy atom. The van der Waals surface area contributed by atoms with Crippen LogP contribution in [0.15, 0.2) is 30.7 Å². The molecular formula is C22H27ClF3N7O3. The van der Waals surface area contributed by atoms with E-state index in [1.54, 1.807) is 37.1 Å².